The summed E-state index contributed by atoms with van der Waals surface area (Å²) in [5.74, 6) is -2.03. The number of carbonyl (C=O) groups is 1. The molecule has 0 radical (unpaired) electrons. The fraction of sp³-hybridized carbons (Fsp3) is 0.357. The van der Waals surface area contributed by atoms with E-state index in [1.165, 1.54) is 23.2 Å². The number of nitrogens with zero attached hydrogens (tertiary/aromatic N) is 6. The predicted octanol–water partition coefficient (Wildman–Crippen LogP) is 2.16. The Morgan fingerprint density at radius 2 is 2.11 bits per heavy atom. The first-order valence-corrected chi connectivity index (χ1v) is 8.59. The van der Waals surface area contributed by atoms with Gasteiger partial charge in [-0.2, -0.15) is 17.7 Å². The second-order valence-corrected chi connectivity index (χ2v) is 6.81. The van der Waals surface area contributed by atoms with E-state index in [0.717, 1.165) is 11.3 Å². The molecule has 3 aromatic heterocycles. The molecular formula is C14H11F4N7OS. The molecule has 4 heterocycles. The second kappa shape index (κ2) is 6.11. The fourth-order valence-corrected chi connectivity index (χ4v) is 3.30. The molecule has 13 heteroatoms. The van der Waals surface area contributed by atoms with Gasteiger partial charge in [0, 0.05) is 24.5 Å². The van der Waals surface area contributed by atoms with Gasteiger partial charge in [-0.05, 0) is 12.1 Å². The topological polar surface area (TPSA) is 88.3 Å². The second-order valence-electron chi connectivity index (χ2n) is 5.91. The van der Waals surface area contributed by atoms with Crippen molar-refractivity contribution in [1.82, 2.24) is 24.8 Å². The van der Waals surface area contributed by atoms with Gasteiger partial charge in [0.2, 0.25) is 5.67 Å². The van der Waals surface area contributed by atoms with E-state index < -0.39 is 23.6 Å². The summed E-state index contributed by atoms with van der Waals surface area (Å²) >= 11 is 1.15. The van der Waals surface area contributed by atoms with Crippen LogP contribution in [0.15, 0.2) is 23.7 Å². The molecular weight excluding hydrogens is 390 g/mol. The van der Waals surface area contributed by atoms with E-state index in [2.05, 4.69) is 25.6 Å². The summed E-state index contributed by atoms with van der Waals surface area (Å²) in [6, 6.07) is 2.72. The van der Waals surface area contributed by atoms with Crippen LogP contribution in [-0.4, -0.2) is 49.5 Å². The third-order valence-electron chi connectivity index (χ3n) is 4.11. The molecule has 0 aliphatic carbocycles. The van der Waals surface area contributed by atoms with Crippen LogP contribution in [0.2, 0.25) is 0 Å². The molecule has 8 nitrogen and oxygen atoms in total. The Kier molecular flexibility index (Phi) is 3.98. The van der Waals surface area contributed by atoms with E-state index in [9.17, 15) is 18.0 Å². The van der Waals surface area contributed by atoms with E-state index >= 15 is 4.39 Å². The number of aromatic nitrogens is 5. The predicted molar refractivity (Wildman–Crippen MR) is 87.2 cm³/mol. The van der Waals surface area contributed by atoms with Crippen molar-refractivity contribution in [3.8, 4) is 0 Å². The van der Waals surface area contributed by atoms with Crippen molar-refractivity contribution in [1.29, 1.82) is 0 Å². The van der Waals surface area contributed by atoms with Crippen molar-refractivity contribution >= 4 is 33.8 Å². The average Bonchev–Trinajstić information content (AvgIpc) is 3.32. The maximum absolute atomic E-state index is 15.0. The lowest BCUT2D eigenvalue weighted by molar-refractivity contribution is -0.146. The van der Waals surface area contributed by atoms with Crippen molar-refractivity contribution in [3.63, 3.8) is 0 Å². The number of rotatable bonds is 3. The molecule has 1 fully saturated rings. The SMILES string of the molecule is O=C(Nc1nccs1)C1(F)CCN(c2ccc3nnc(C(F)(F)F)n3n2)C1. The number of amides is 1. The molecule has 1 unspecified atom stereocenters. The Morgan fingerprint density at radius 1 is 1.30 bits per heavy atom. The molecule has 1 N–H and O–H groups in total. The number of halogens is 4. The highest BCUT2D eigenvalue weighted by atomic mass is 32.1. The largest absolute Gasteiger partial charge is 0.453 e. The van der Waals surface area contributed by atoms with E-state index in [0.29, 0.717) is 4.52 Å². The standard InChI is InChI=1S/C14H11F4N7OS/c15-13(11(26)20-12-19-4-6-27-12)3-5-24(7-13)9-2-1-8-21-22-10(14(16,17)18)25(8)23-9/h1-2,4,6H,3,5,7H2,(H,19,20,26). The Balaban J connectivity index is 1.57. The van der Waals surface area contributed by atoms with Gasteiger partial charge in [-0.15, -0.1) is 26.6 Å². The summed E-state index contributed by atoms with van der Waals surface area (Å²) in [5.41, 5.74) is -2.29. The van der Waals surface area contributed by atoms with Crippen LogP contribution in [0.3, 0.4) is 0 Å². The van der Waals surface area contributed by atoms with Gasteiger partial charge in [-0.3, -0.25) is 10.1 Å². The van der Waals surface area contributed by atoms with Crippen LogP contribution >= 0.6 is 11.3 Å². The maximum atomic E-state index is 15.0. The summed E-state index contributed by atoms with van der Waals surface area (Å²) < 4.78 is 54.5. The quantitative estimate of drug-likeness (QED) is 0.677. The lowest BCUT2D eigenvalue weighted by Gasteiger charge is -2.20. The molecule has 27 heavy (non-hydrogen) atoms. The van der Waals surface area contributed by atoms with Crippen molar-refractivity contribution in [3.05, 3.63) is 29.5 Å². The van der Waals surface area contributed by atoms with Gasteiger partial charge >= 0.3 is 6.18 Å². The normalized spacial score (nSPS) is 20.4. The number of carbonyl (C=O) groups excluding carboxylic acids is 1. The third kappa shape index (κ3) is 3.18. The van der Waals surface area contributed by atoms with Crippen LogP contribution in [0.4, 0.5) is 28.5 Å². The molecule has 0 bridgehead atoms. The molecule has 1 amide bonds. The molecule has 1 saturated heterocycles. The van der Waals surface area contributed by atoms with E-state index in [-0.39, 0.29) is 36.1 Å². The summed E-state index contributed by atoms with van der Waals surface area (Å²) in [5, 5.41) is 14.7. The van der Waals surface area contributed by atoms with Crippen LogP contribution in [0.25, 0.3) is 5.65 Å². The zero-order valence-corrected chi connectivity index (χ0v) is 14.3. The minimum Gasteiger partial charge on any atom is -0.351 e. The van der Waals surface area contributed by atoms with Crippen molar-refractivity contribution in [2.24, 2.45) is 0 Å². The first-order valence-electron chi connectivity index (χ1n) is 7.71. The highest BCUT2D eigenvalue weighted by molar-refractivity contribution is 7.13. The number of nitrogens with one attached hydrogen (secondary N) is 1. The molecule has 1 aliphatic rings. The summed E-state index contributed by atoms with van der Waals surface area (Å²) in [6.45, 7) is -0.226. The van der Waals surface area contributed by atoms with Gasteiger partial charge in [-0.1, -0.05) is 0 Å². The molecule has 4 rings (SSSR count). The van der Waals surface area contributed by atoms with Crippen LogP contribution in [-0.2, 0) is 11.0 Å². The van der Waals surface area contributed by atoms with Crippen LogP contribution in [0.5, 0.6) is 0 Å². The lowest BCUT2D eigenvalue weighted by atomic mass is 10.1. The zero-order valence-electron chi connectivity index (χ0n) is 13.4. The Labute approximate surface area is 152 Å². The van der Waals surface area contributed by atoms with Crippen LogP contribution in [0.1, 0.15) is 12.2 Å². The van der Waals surface area contributed by atoms with Gasteiger partial charge in [0.15, 0.2) is 10.8 Å². The number of anilines is 2. The first-order chi connectivity index (χ1) is 12.8. The zero-order chi connectivity index (χ0) is 19.2. The number of thiazole rings is 1. The molecule has 0 spiro atoms. The molecule has 3 aromatic rings. The van der Waals surface area contributed by atoms with Gasteiger partial charge in [0.25, 0.3) is 11.7 Å². The highest BCUT2D eigenvalue weighted by Gasteiger charge is 2.46. The smallest absolute Gasteiger partial charge is 0.351 e. The van der Waals surface area contributed by atoms with Crippen molar-refractivity contribution in [2.75, 3.05) is 23.3 Å². The summed E-state index contributed by atoms with van der Waals surface area (Å²) in [4.78, 5) is 17.5. The minimum atomic E-state index is -4.73. The summed E-state index contributed by atoms with van der Waals surface area (Å²) in [6.07, 6.45) is -3.38. The van der Waals surface area contributed by atoms with Gasteiger partial charge in [0.05, 0.1) is 6.54 Å². The van der Waals surface area contributed by atoms with Gasteiger partial charge in [-0.25, -0.2) is 9.37 Å². The number of hydrogen-bond donors (Lipinski definition) is 1. The molecule has 0 saturated carbocycles. The summed E-state index contributed by atoms with van der Waals surface area (Å²) in [7, 11) is 0. The van der Waals surface area contributed by atoms with E-state index in [1.807, 2.05) is 0 Å². The van der Waals surface area contributed by atoms with Crippen LogP contribution in [0, 0.1) is 0 Å². The Hall–Kier alpha value is -2.83. The number of alkyl halides is 4. The lowest BCUT2D eigenvalue weighted by Crippen LogP contribution is -2.41. The molecule has 142 valence electrons. The maximum Gasteiger partial charge on any atom is 0.453 e. The van der Waals surface area contributed by atoms with Crippen molar-refractivity contribution in [2.45, 2.75) is 18.3 Å². The van der Waals surface area contributed by atoms with Crippen molar-refractivity contribution < 1.29 is 22.4 Å². The molecule has 1 aliphatic heterocycles. The third-order valence-corrected chi connectivity index (χ3v) is 4.79. The Bertz CT molecular complexity index is 989. The Morgan fingerprint density at radius 3 is 2.81 bits per heavy atom. The van der Waals surface area contributed by atoms with Gasteiger partial charge < -0.3 is 4.90 Å². The van der Waals surface area contributed by atoms with E-state index in [1.54, 1.807) is 5.38 Å². The number of fused-ring (bicyclic) bond motifs is 1. The molecule has 0 aromatic carbocycles. The van der Waals surface area contributed by atoms with Crippen LogP contribution < -0.4 is 10.2 Å². The molecule has 1 atom stereocenters. The average molecular weight is 401 g/mol. The monoisotopic (exact) mass is 401 g/mol. The van der Waals surface area contributed by atoms with Gasteiger partial charge in [0.1, 0.15) is 5.82 Å². The highest BCUT2D eigenvalue weighted by Crippen LogP contribution is 2.32. The fourth-order valence-electron chi connectivity index (χ4n) is 2.77. The first kappa shape index (κ1) is 17.6. The van der Waals surface area contributed by atoms with E-state index in [4.69, 9.17) is 0 Å². The number of hydrogen-bond acceptors (Lipinski definition) is 7. The minimum absolute atomic E-state index is 0.0849.